The van der Waals surface area contributed by atoms with Crippen LogP contribution in [0.1, 0.15) is 12.0 Å². The van der Waals surface area contributed by atoms with E-state index >= 15 is 0 Å². The molecule has 0 radical (unpaired) electrons. The van der Waals surface area contributed by atoms with Crippen LogP contribution in [0, 0.1) is 0 Å². The molecule has 1 aromatic carbocycles. The number of rotatable bonds is 2. The molecule has 16 heavy (non-hydrogen) atoms. The molecule has 1 aliphatic rings. The van der Waals surface area contributed by atoms with Gasteiger partial charge in [0, 0.05) is 6.42 Å². The van der Waals surface area contributed by atoms with Gasteiger partial charge >= 0.3 is 5.97 Å². The van der Waals surface area contributed by atoms with E-state index in [-0.39, 0.29) is 0 Å². The van der Waals surface area contributed by atoms with E-state index in [9.17, 15) is 4.79 Å². The third-order valence-electron chi connectivity index (χ3n) is 2.72. The van der Waals surface area contributed by atoms with Gasteiger partial charge in [0.1, 0.15) is 5.54 Å². The van der Waals surface area contributed by atoms with Gasteiger partial charge in [0.2, 0.25) is 0 Å². The van der Waals surface area contributed by atoms with Crippen molar-refractivity contribution in [1.29, 1.82) is 0 Å². The Hall–Kier alpha value is -1.87. The fourth-order valence-electron chi connectivity index (χ4n) is 1.77. The second-order valence-corrected chi connectivity index (χ2v) is 3.94. The summed E-state index contributed by atoms with van der Waals surface area (Å²) in [4.78, 5) is 11.0. The highest BCUT2D eigenvalue weighted by Crippen LogP contribution is 2.28. The van der Waals surface area contributed by atoms with E-state index in [0.717, 1.165) is 11.1 Å². The molecule has 1 aromatic rings. The van der Waals surface area contributed by atoms with Crippen LogP contribution in [0.3, 0.4) is 0 Å². The summed E-state index contributed by atoms with van der Waals surface area (Å²) in [5, 5.41) is 9.06. The highest BCUT2D eigenvalue weighted by Gasteiger charge is 2.33. The van der Waals surface area contributed by atoms with Crippen molar-refractivity contribution in [2.45, 2.75) is 12.0 Å². The van der Waals surface area contributed by atoms with E-state index in [1.807, 2.05) is 36.4 Å². The Morgan fingerprint density at radius 3 is 2.62 bits per heavy atom. The van der Waals surface area contributed by atoms with Crippen molar-refractivity contribution in [2.24, 2.45) is 5.73 Å². The standard InChI is InChI=1S/C13H13NO2/c14-13(12(15)16)8-4-7-11(9-13)10-5-2-1-3-6-10/h1-8H,9,14H2,(H,15,16). The maximum atomic E-state index is 11.0. The smallest absolute Gasteiger partial charge is 0.328 e. The van der Waals surface area contributed by atoms with Crippen LogP contribution in [0.2, 0.25) is 0 Å². The molecule has 1 aliphatic carbocycles. The third-order valence-corrected chi connectivity index (χ3v) is 2.72. The Kier molecular flexibility index (Phi) is 2.62. The lowest BCUT2D eigenvalue weighted by molar-refractivity contribution is -0.141. The van der Waals surface area contributed by atoms with Gasteiger partial charge in [0.05, 0.1) is 0 Å². The van der Waals surface area contributed by atoms with Crippen molar-refractivity contribution in [1.82, 2.24) is 0 Å². The summed E-state index contributed by atoms with van der Waals surface area (Å²) >= 11 is 0. The highest BCUT2D eigenvalue weighted by atomic mass is 16.4. The first-order valence-electron chi connectivity index (χ1n) is 5.08. The maximum absolute atomic E-state index is 11.0. The van der Waals surface area contributed by atoms with Gasteiger partial charge in [-0.2, -0.15) is 0 Å². The molecule has 0 aromatic heterocycles. The van der Waals surface area contributed by atoms with Crippen LogP contribution in [0.15, 0.2) is 48.6 Å². The topological polar surface area (TPSA) is 63.3 Å². The van der Waals surface area contributed by atoms with Crippen LogP contribution in [0.4, 0.5) is 0 Å². The van der Waals surface area contributed by atoms with Crippen molar-refractivity contribution >= 4 is 11.5 Å². The molecule has 0 bridgehead atoms. The fraction of sp³-hybridized carbons (Fsp3) is 0.154. The van der Waals surface area contributed by atoms with E-state index in [4.69, 9.17) is 10.8 Å². The number of carboxylic acid groups (broad SMARTS) is 1. The lowest BCUT2D eigenvalue weighted by atomic mass is 9.84. The fourth-order valence-corrected chi connectivity index (χ4v) is 1.77. The normalized spacial score (nSPS) is 23.9. The number of hydrogen-bond acceptors (Lipinski definition) is 2. The zero-order chi connectivity index (χ0) is 11.6. The van der Waals surface area contributed by atoms with Crippen molar-refractivity contribution < 1.29 is 9.90 Å². The molecule has 0 fully saturated rings. The summed E-state index contributed by atoms with van der Waals surface area (Å²) in [7, 11) is 0. The molecular weight excluding hydrogens is 202 g/mol. The Bertz CT molecular complexity index is 462. The van der Waals surface area contributed by atoms with Gasteiger partial charge in [-0.1, -0.05) is 48.6 Å². The Labute approximate surface area is 93.9 Å². The van der Waals surface area contributed by atoms with Crippen LogP contribution < -0.4 is 5.73 Å². The molecule has 0 aliphatic heterocycles. The molecule has 0 heterocycles. The molecule has 0 amide bonds. The molecule has 2 rings (SSSR count). The largest absolute Gasteiger partial charge is 0.480 e. The van der Waals surface area contributed by atoms with Crippen LogP contribution in [-0.4, -0.2) is 16.6 Å². The minimum Gasteiger partial charge on any atom is -0.480 e. The van der Waals surface area contributed by atoms with Crippen LogP contribution in [-0.2, 0) is 4.79 Å². The summed E-state index contributed by atoms with van der Waals surface area (Å²) in [6.45, 7) is 0. The van der Waals surface area contributed by atoms with E-state index in [2.05, 4.69) is 0 Å². The van der Waals surface area contributed by atoms with Crippen molar-refractivity contribution in [3.8, 4) is 0 Å². The average molecular weight is 215 g/mol. The van der Waals surface area contributed by atoms with Crippen LogP contribution >= 0.6 is 0 Å². The maximum Gasteiger partial charge on any atom is 0.328 e. The first kappa shape index (κ1) is 10.6. The summed E-state index contributed by atoms with van der Waals surface area (Å²) in [5.74, 6) is -0.995. The van der Waals surface area contributed by atoms with Crippen LogP contribution in [0.5, 0.6) is 0 Å². The predicted octanol–water partition coefficient (Wildman–Crippen LogP) is 1.81. The molecule has 0 saturated heterocycles. The van der Waals surface area contributed by atoms with Gasteiger partial charge in [-0.15, -0.1) is 0 Å². The van der Waals surface area contributed by atoms with Gasteiger partial charge in [0.25, 0.3) is 0 Å². The van der Waals surface area contributed by atoms with Crippen molar-refractivity contribution in [2.75, 3.05) is 0 Å². The van der Waals surface area contributed by atoms with Gasteiger partial charge in [-0.05, 0) is 11.1 Å². The zero-order valence-corrected chi connectivity index (χ0v) is 8.76. The number of aliphatic carboxylic acids is 1. The quantitative estimate of drug-likeness (QED) is 0.790. The monoisotopic (exact) mass is 215 g/mol. The lowest BCUT2D eigenvalue weighted by Gasteiger charge is -2.25. The SMILES string of the molecule is NC1(C(=O)O)C=CC=C(c2ccccc2)C1. The summed E-state index contributed by atoms with van der Waals surface area (Å²) in [6, 6.07) is 9.68. The van der Waals surface area contributed by atoms with E-state index in [0.29, 0.717) is 6.42 Å². The molecule has 0 spiro atoms. The second-order valence-electron chi connectivity index (χ2n) is 3.94. The Balaban J connectivity index is 2.31. The molecule has 3 N–H and O–H groups in total. The number of carbonyl (C=O) groups is 1. The molecule has 3 heteroatoms. The third kappa shape index (κ3) is 1.90. The predicted molar refractivity (Wildman–Crippen MR) is 62.7 cm³/mol. The minimum absolute atomic E-state index is 0.322. The Morgan fingerprint density at radius 1 is 1.31 bits per heavy atom. The number of allylic oxidation sites excluding steroid dienone is 2. The van der Waals surface area contributed by atoms with Gasteiger partial charge in [-0.3, -0.25) is 0 Å². The Morgan fingerprint density at radius 2 is 2.00 bits per heavy atom. The number of hydrogen-bond donors (Lipinski definition) is 2. The zero-order valence-electron chi connectivity index (χ0n) is 8.76. The first-order chi connectivity index (χ1) is 7.62. The molecule has 0 saturated carbocycles. The van der Waals surface area contributed by atoms with Gasteiger partial charge in [-0.25, -0.2) is 4.79 Å². The van der Waals surface area contributed by atoms with E-state index in [1.165, 1.54) is 6.08 Å². The van der Waals surface area contributed by atoms with E-state index < -0.39 is 11.5 Å². The molecule has 1 unspecified atom stereocenters. The minimum atomic E-state index is -1.28. The lowest BCUT2D eigenvalue weighted by Crippen LogP contribution is -2.46. The molecule has 82 valence electrons. The van der Waals surface area contributed by atoms with Gasteiger partial charge in [0.15, 0.2) is 0 Å². The number of benzene rings is 1. The molecular formula is C13H13NO2. The van der Waals surface area contributed by atoms with Crippen molar-refractivity contribution in [3.63, 3.8) is 0 Å². The number of carboxylic acids is 1. The van der Waals surface area contributed by atoms with Gasteiger partial charge < -0.3 is 10.8 Å². The van der Waals surface area contributed by atoms with Crippen LogP contribution in [0.25, 0.3) is 5.57 Å². The summed E-state index contributed by atoms with van der Waals surface area (Å²) in [5.41, 5.74) is 6.49. The first-order valence-corrected chi connectivity index (χ1v) is 5.08. The molecule has 3 nitrogen and oxygen atoms in total. The second kappa shape index (κ2) is 3.94. The highest BCUT2D eigenvalue weighted by molar-refractivity contribution is 5.86. The van der Waals surface area contributed by atoms with Crippen molar-refractivity contribution in [3.05, 3.63) is 54.1 Å². The average Bonchev–Trinajstić information content (AvgIpc) is 2.30. The summed E-state index contributed by atoms with van der Waals surface area (Å²) in [6.07, 6.45) is 5.47. The molecule has 1 atom stereocenters. The summed E-state index contributed by atoms with van der Waals surface area (Å²) < 4.78 is 0. The van der Waals surface area contributed by atoms with E-state index in [1.54, 1.807) is 6.08 Å². The number of nitrogens with two attached hydrogens (primary N) is 1.